The van der Waals surface area contributed by atoms with Crippen LogP contribution in [0, 0.1) is 0 Å². The van der Waals surface area contributed by atoms with Gasteiger partial charge in [-0.1, -0.05) is 290 Å². The first-order valence-electron chi connectivity index (χ1n) is 30.4. The topological polar surface area (TPSA) is 95.9 Å². The van der Waals surface area contributed by atoms with Gasteiger partial charge in [0.1, 0.15) is 6.10 Å². The van der Waals surface area contributed by atoms with E-state index in [1.165, 1.54) is 238 Å². The third kappa shape index (κ3) is 50.8. The highest BCUT2D eigenvalue weighted by molar-refractivity contribution is 5.77. The molecule has 0 heterocycles. The van der Waals surface area contributed by atoms with Gasteiger partial charge in [-0.2, -0.15) is 0 Å². The normalized spacial score (nSPS) is 13.1. The fourth-order valence-electron chi connectivity index (χ4n) is 9.72. The van der Waals surface area contributed by atoms with E-state index in [9.17, 15) is 19.8 Å². The predicted molar refractivity (Wildman–Crippen MR) is 292 cm³/mol. The molecule has 3 N–H and O–H groups in total. The second kappa shape index (κ2) is 55.5. The fourth-order valence-corrected chi connectivity index (χ4v) is 9.72. The van der Waals surface area contributed by atoms with Gasteiger partial charge in [0, 0.05) is 6.42 Å². The van der Waals surface area contributed by atoms with Gasteiger partial charge in [-0.05, 0) is 51.4 Å². The Hall–Kier alpha value is -1.40. The maximum Gasteiger partial charge on any atom is 0.306 e. The molecule has 398 valence electrons. The van der Waals surface area contributed by atoms with Gasteiger partial charge < -0.3 is 20.3 Å². The van der Waals surface area contributed by atoms with E-state index in [1.54, 1.807) is 0 Å². The Bertz CT molecular complexity index is 1020. The van der Waals surface area contributed by atoms with Crippen LogP contribution in [0.3, 0.4) is 0 Å². The van der Waals surface area contributed by atoms with Crippen LogP contribution in [0.4, 0.5) is 0 Å². The molecule has 0 saturated carbocycles. The molecule has 0 saturated heterocycles. The molecule has 0 aromatic heterocycles. The highest BCUT2D eigenvalue weighted by Gasteiger charge is 2.24. The largest absolute Gasteiger partial charge is 0.462 e. The zero-order valence-corrected chi connectivity index (χ0v) is 45.6. The van der Waals surface area contributed by atoms with Crippen LogP contribution in [0.15, 0.2) is 12.2 Å². The molecule has 0 aromatic rings. The fraction of sp³-hybridized carbons (Fsp3) is 0.934. The Morgan fingerprint density at radius 3 is 1.07 bits per heavy atom. The average Bonchev–Trinajstić information content (AvgIpc) is 3.32. The smallest absolute Gasteiger partial charge is 0.306 e. The lowest BCUT2D eigenvalue weighted by Gasteiger charge is -2.24. The molecule has 0 aliphatic carbocycles. The number of ether oxygens (including phenoxy) is 1. The SMILES string of the molecule is CCCCCCCCCCC/C=C/CCCCCC(CC(=O)NC(CO)C(O)CCCCCCCCCCCCCCCCCCC)OC(=O)CCCCCCCCCCCCCCCCC. The highest BCUT2D eigenvalue weighted by atomic mass is 16.5. The summed E-state index contributed by atoms with van der Waals surface area (Å²) in [5, 5.41) is 23.9. The van der Waals surface area contributed by atoms with Gasteiger partial charge in [0.05, 0.1) is 25.2 Å². The molecule has 0 aliphatic heterocycles. The van der Waals surface area contributed by atoms with E-state index in [4.69, 9.17) is 4.74 Å². The van der Waals surface area contributed by atoms with Crippen LogP contribution in [0.5, 0.6) is 0 Å². The molecular weight excluding hydrogens is 827 g/mol. The Morgan fingerprint density at radius 1 is 0.418 bits per heavy atom. The number of unbranched alkanes of at least 4 members (excludes halogenated alkanes) is 42. The zero-order chi connectivity index (χ0) is 48.8. The van der Waals surface area contributed by atoms with Crippen LogP contribution in [-0.2, 0) is 14.3 Å². The number of aliphatic hydroxyl groups is 2. The molecule has 0 bridgehead atoms. The summed E-state index contributed by atoms with van der Waals surface area (Å²) in [7, 11) is 0. The standard InChI is InChI=1S/C61H119NO5/c1-4-7-10-13-16-19-22-25-28-30-33-35-38-41-44-47-50-53-59(64)58(56-63)62-60(65)55-57(52-49-46-43-40-37-34-32-29-26-23-20-17-14-11-8-5-2)67-61(66)54-51-48-45-42-39-36-31-27-24-21-18-15-12-9-6-3/h34,37,57-59,63-64H,4-33,35-36,38-56H2,1-3H3,(H,62,65)/b37-34+. The Labute approximate surface area is 419 Å². The number of nitrogens with one attached hydrogen (secondary N) is 1. The summed E-state index contributed by atoms with van der Waals surface area (Å²) in [6, 6.07) is -0.701. The molecule has 0 spiro atoms. The first kappa shape index (κ1) is 65.6. The molecule has 3 atom stereocenters. The Morgan fingerprint density at radius 2 is 0.716 bits per heavy atom. The first-order chi connectivity index (χ1) is 33.0. The molecule has 3 unspecified atom stereocenters. The van der Waals surface area contributed by atoms with Gasteiger partial charge in [0.25, 0.3) is 0 Å². The number of aliphatic hydroxyl groups excluding tert-OH is 2. The number of rotatable bonds is 56. The van der Waals surface area contributed by atoms with Crippen LogP contribution in [0.2, 0.25) is 0 Å². The number of hydrogen-bond donors (Lipinski definition) is 3. The predicted octanol–water partition coefficient (Wildman–Crippen LogP) is 18.9. The second-order valence-corrected chi connectivity index (χ2v) is 21.1. The van der Waals surface area contributed by atoms with Crippen molar-refractivity contribution in [2.45, 2.75) is 360 Å². The number of esters is 1. The number of carbonyl (C=O) groups excluding carboxylic acids is 2. The number of carbonyl (C=O) groups is 2. The van der Waals surface area contributed by atoms with Crippen molar-refractivity contribution in [2.75, 3.05) is 6.61 Å². The first-order valence-corrected chi connectivity index (χ1v) is 30.4. The monoisotopic (exact) mass is 946 g/mol. The summed E-state index contributed by atoms with van der Waals surface area (Å²) < 4.78 is 5.97. The summed E-state index contributed by atoms with van der Waals surface area (Å²) in [5.41, 5.74) is 0. The van der Waals surface area contributed by atoms with Crippen LogP contribution < -0.4 is 5.32 Å². The van der Waals surface area contributed by atoms with Gasteiger partial charge >= 0.3 is 5.97 Å². The van der Waals surface area contributed by atoms with Crippen molar-refractivity contribution in [3.05, 3.63) is 12.2 Å². The Kier molecular flexibility index (Phi) is 54.4. The van der Waals surface area contributed by atoms with Gasteiger partial charge in [0.2, 0.25) is 5.91 Å². The molecule has 1 amide bonds. The highest BCUT2D eigenvalue weighted by Crippen LogP contribution is 2.19. The molecule has 67 heavy (non-hydrogen) atoms. The van der Waals surface area contributed by atoms with Crippen LogP contribution in [-0.4, -0.2) is 46.9 Å². The quantitative estimate of drug-likeness (QED) is 0.0321. The lowest BCUT2D eigenvalue weighted by atomic mass is 10.0. The van der Waals surface area contributed by atoms with Crippen LogP contribution >= 0.6 is 0 Å². The van der Waals surface area contributed by atoms with Crippen LogP contribution in [0.1, 0.15) is 342 Å². The number of hydrogen-bond acceptors (Lipinski definition) is 5. The average molecular weight is 947 g/mol. The summed E-state index contributed by atoms with van der Waals surface area (Å²) in [6.07, 6.45) is 64.3. The Balaban J connectivity index is 4.50. The van der Waals surface area contributed by atoms with Gasteiger partial charge in [-0.15, -0.1) is 0 Å². The molecule has 0 aromatic carbocycles. The van der Waals surface area contributed by atoms with Gasteiger partial charge in [-0.25, -0.2) is 0 Å². The maximum atomic E-state index is 13.3. The van der Waals surface area contributed by atoms with Crippen molar-refractivity contribution in [3.63, 3.8) is 0 Å². The molecular formula is C61H119NO5. The van der Waals surface area contributed by atoms with E-state index in [1.807, 2.05) is 0 Å². The molecule has 0 aliphatic rings. The molecule has 0 rings (SSSR count). The minimum Gasteiger partial charge on any atom is -0.462 e. The van der Waals surface area contributed by atoms with Gasteiger partial charge in [0.15, 0.2) is 0 Å². The summed E-state index contributed by atoms with van der Waals surface area (Å²) in [5.74, 6) is -0.464. The van der Waals surface area contributed by atoms with E-state index in [-0.39, 0.29) is 24.9 Å². The third-order valence-corrected chi connectivity index (χ3v) is 14.3. The van der Waals surface area contributed by atoms with Crippen molar-refractivity contribution in [1.82, 2.24) is 5.32 Å². The van der Waals surface area contributed by atoms with Crippen molar-refractivity contribution < 1.29 is 24.5 Å². The van der Waals surface area contributed by atoms with Crippen molar-refractivity contribution in [2.24, 2.45) is 0 Å². The summed E-state index contributed by atoms with van der Waals surface area (Å²) in [4.78, 5) is 26.3. The van der Waals surface area contributed by atoms with Crippen molar-refractivity contribution >= 4 is 11.9 Å². The van der Waals surface area contributed by atoms with Gasteiger partial charge in [-0.3, -0.25) is 9.59 Å². The molecule has 0 fully saturated rings. The lowest BCUT2D eigenvalue weighted by Crippen LogP contribution is -2.46. The van der Waals surface area contributed by atoms with E-state index in [0.29, 0.717) is 19.3 Å². The summed E-state index contributed by atoms with van der Waals surface area (Å²) >= 11 is 0. The molecule has 6 heteroatoms. The van der Waals surface area contributed by atoms with Crippen molar-refractivity contribution in [1.29, 1.82) is 0 Å². The minimum atomic E-state index is -0.787. The molecule has 6 nitrogen and oxygen atoms in total. The van der Waals surface area contributed by atoms with E-state index in [0.717, 1.165) is 57.8 Å². The third-order valence-electron chi connectivity index (χ3n) is 14.3. The van der Waals surface area contributed by atoms with Crippen LogP contribution in [0.25, 0.3) is 0 Å². The van der Waals surface area contributed by atoms with Crippen molar-refractivity contribution in [3.8, 4) is 0 Å². The zero-order valence-electron chi connectivity index (χ0n) is 45.6. The lowest BCUT2D eigenvalue weighted by molar-refractivity contribution is -0.151. The van der Waals surface area contributed by atoms with E-state index < -0.39 is 18.2 Å². The number of allylic oxidation sites excluding steroid dienone is 2. The number of amides is 1. The second-order valence-electron chi connectivity index (χ2n) is 21.1. The minimum absolute atomic E-state index is 0.0750. The van der Waals surface area contributed by atoms with E-state index >= 15 is 0 Å². The van der Waals surface area contributed by atoms with E-state index in [2.05, 4.69) is 38.2 Å². The maximum absolute atomic E-state index is 13.3. The molecule has 0 radical (unpaired) electrons. The summed E-state index contributed by atoms with van der Waals surface area (Å²) in [6.45, 7) is 6.54.